The third-order valence-corrected chi connectivity index (χ3v) is 6.10. The van der Waals surface area contributed by atoms with Gasteiger partial charge in [0.15, 0.2) is 5.69 Å². The van der Waals surface area contributed by atoms with E-state index in [-0.39, 0.29) is 18.1 Å². The van der Waals surface area contributed by atoms with Crippen molar-refractivity contribution in [1.29, 1.82) is 0 Å². The molecule has 32 heavy (non-hydrogen) atoms. The zero-order chi connectivity index (χ0) is 22.3. The number of aryl methyl sites for hydroxylation is 1. The van der Waals surface area contributed by atoms with E-state index >= 15 is 0 Å². The van der Waals surface area contributed by atoms with Gasteiger partial charge >= 0.3 is 0 Å². The Hall–Kier alpha value is -2.96. The van der Waals surface area contributed by atoms with Crippen LogP contribution in [0.5, 0.6) is 0 Å². The highest BCUT2D eigenvalue weighted by Gasteiger charge is 2.22. The van der Waals surface area contributed by atoms with Crippen LogP contribution in [0.3, 0.4) is 0 Å². The van der Waals surface area contributed by atoms with Crippen molar-refractivity contribution in [1.82, 2.24) is 15.2 Å². The molecule has 0 unspecified atom stereocenters. The van der Waals surface area contributed by atoms with E-state index in [0.29, 0.717) is 24.7 Å². The lowest BCUT2D eigenvalue weighted by molar-refractivity contribution is 0.0853. The maximum absolute atomic E-state index is 12.5. The number of carbonyl (C=O) groups is 1. The average molecular weight is 434 g/mol. The van der Waals surface area contributed by atoms with Gasteiger partial charge in [-0.05, 0) is 43.4 Å². The van der Waals surface area contributed by atoms with E-state index in [0.717, 1.165) is 26.0 Å². The molecule has 4 rings (SSSR count). The van der Waals surface area contributed by atoms with Crippen LogP contribution in [0, 0.1) is 6.92 Å². The minimum atomic E-state index is -0.225. The lowest BCUT2D eigenvalue weighted by atomic mass is 10.0. The van der Waals surface area contributed by atoms with E-state index in [1.54, 1.807) is 0 Å². The van der Waals surface area contributed by atoms with Gasteiger partial charge in [0.2, 0.25) is 5.89 Å². The van der Waals surface area contributed by atoms with E-state index in [9.17, 15) is 4.79 Å². The number of oxazole rings is 1. The summed E-state index contributed by atoms with van der Waals surface area (Å²) in [6.45, 7) is 6.85. The Labute approximate surface area is 189 Å². The molecule has 1 aromatic heterocycles. The summed E-state index contributed by atoms with van der Waals surface area (Å²) >= 11 is 0. The van der Waals surface area contributed by atoms with Crippen LogP contribution in [0.25, 0.3) is 0 Å². The normalized spacial score (nSPS) is 16.9. The summed E-state index contributed by atoms with van der Waals surface area (Å²) in [6.07, 6.45) is 3.57. The van der Waals surface area contributed by atoms with Gasteiger partial charge in [0, 0.05) is 25.7 Å². The van der Waals surface area contributed by atoms with Crippen LogP contribution in [0.15, 0.2) is 65.3 Å². The van der Waals surface area contributed by atoms with Crippen molar-refractivity contribution in [2.45, 2.75) is 51.9 Å². The zero-order valence-electron chi connectivity index (χ0n) is 18.8. The molecule has 2 heterocycles. The summed E-state index contributed by atoms with van der Waals surface area (Å²) < 4.78 is 11.3. The molecule has 2 aromatic carbocycles. The Morgan fingerprint density at radius 1 is 1.16 bits per heavy atom. The highest BCUT2D eigenvalue weighted by molar-refractivity contribution is 5.91. The number of hydrogen-bond donors (Lipinski definition) is 1. The number of nitrogens with one attached hydrogen (secondary N) is 1. The van der Waals surface area contributed by atoms with Gasteiger partial charge < -0.3 is 14.5 Å². The van der Waals surface area contributed by atoms with E-state index in [2.05, 4.69) is 77.6 Å². The lowest BCUT2D eigenvalue weighted by Gasteiger charge is -2.29. The highest BCUT2D eigenvalue weighted by Crippen LogP contribution is 2.25. The molecule has 0 bridgehead atoms. The summed E-state index contributed by atoms with van der Waals surface area (Å²) in [6, 6.07) is 19.0. The van der Waals surface area contributed by atoms with Crippen molar-refractivity contribution in [2.24, 2.45) is 0 Å². The predicted octanol–water partition coefficient (Wildman–Crippen LogP) is 4.66. The fourth-order valence-electron chi connectivity index (χ4n) is 4.04. The first-order chi connectivity index (χ1) is 15.6. The van der Waals surface area contributed by atoms with Gasteiger partial charge in [-0.3, -0.25) is 9.69 Å². The van der Waals surface area contributed by atoms with Crippen LogP contribution in [-0.4, -0.2) is 35.0 Å². The Kier molecular flexibility index (Phi) is 7.35. The average Bonchev–Trinajstić information content (AvgIpc) is 3.51. The number of aromatic nitrogens is 1. The number of benzene rings is 2. The van der Waals surface area contributed by atoms with Gasteiger partial charge in [-0.15, -0.1) is 0 Å². The largest absolute Gasteiger partial charge is 0.447 e. The molecule has 3 aromatic rings. The molecule has 0 saturated carbocycles. The SMILES string of the molecule is Cc1ccccc1CN(Cc1nc(C(=O)NC[C@H]2CCCO2)co1)[C@@H](C)c1ccccc1. The van der Waals surface area contributed by atoms with Gasteiger partial charge in [-0.1, -0.05) is 54.6 Å². The van der Waals surface area contributed by atoms with E-state index < -0.39 is 0 Å². The Bertz CT molecular complexity index is 1010. The second-order valence-corrected chi connectivity index (χ2v) is 8.39. The standard InChI is InChI=1S/C26H31N3O3/c1-19-9-6-7-12-22(19)16-29(20(2)21-10-4-3-5-11-21)17-25-28-24(18-32-25)26(30)27-15-23-13-8-14-31-23/h3-7,9-12,18,20,23H,8,13-17H2,1-2H3,(H,27,30)/t20-,23+/m0/s1. The molecular weight excluding hydrogens is 402 g/mol. The molecule has 6 heteroatoms. The third kappa shape index (κ3) is 5.64. The summed E-state index contributed by atoms with van der Waals surface area (Å²) in [4.78, 5) is 19.3. The van der Waals surface area contributed by atoms with Crippen LogP contribution < -0.4 is 5.32 Å². The van der Waals surface area contributed by atoms with Crippen molar-refractivity contribution in [3.8, 4) is 0 Å². The first kappa shape index (κ1) is 22.2. The maximum Gasteiger partial charge on any atom is 0.273 e. The summed E-state index contributed by atoms with van der Waals surface area (Å²) in [5, 5.41) is 2.90. The molecule has 1 aliphatic rings. The van der Waals surface area contributed by atoms with Crippen molar-refractivity contribution < 1.29 is 13.9 Å². The minimum absolute atomic E-state index is 0.0987. The quantitative estimate of drug-likeness (QED) is 0.532. The molecule has 0 aliphatic carbocycles. The van der Waals surface area contributed by atoms with Crippen molar-refractivity contribution in [3.05, 3.63) is 89.1 Å². The summed E-state index contributed by atoms with van der Waals surface area (Å²) in [7, 11) is 0. The van der Waals surface area contributed by atoms with Crippen LogP contribution in [0.4, 0.5) is 0 Å². The number of hydrogen-bond acceptors (Lipinski definition) is 5. The van der Waals surface area contributed by atoms with Crippen LogP contribution >= 0.6 is 0 Å². The minimum Gasteiger partial charge on any atom is -0.447 e. The fraction of sp³-hybridized carbons (Fsp3) is 0.385. The van der Waals surface area contributed by atoms with Crippen molar-refractivity contribution >= 4 is 5.91 Å². The second-order valence-electron chi connectivity index (χ2n) is 8.39. The number of carbonyl (C=O) groups excluding carboxylic acids is 1. The smallest absolute Gasteiger partial charge is 0.273 e. The Balaban J connectivity index is 1.47. The molecule has 1 aliphatic heterocycles. The summed E-state index contributed by atoms with van der Waals surface area (Å²) in [5.41, 5.74) is 4.04. The van der Waals surface area contributed by atoms with Crippen molar-refractivity contribution in [3.63, 3.8) is 0 Å². The summed E-state index contributed by atoms with van der Waals surface area (Å²) in [5.74, 6) is 0.306. The first-order valence-corrected chi connectivity index (χ1v) is 11.3. The molecule has 6 nitrogen and oxygen atoms in total. The van der Waals surface area contributed by atoms with Gasteiger partial charge in [-0.2, -0.15) is 0 Å². The fourth-order valence-corrected chi connectivity index (χ4v) is 4.04. The molecular formula is C26H31N3O3. The van der Waals surface area contributed by atoms with E-state index in [1.165, 1.54) is 23.0 Å². The maximum atomic E-state index is 12.5. The molecule has 2 atom stereocenters. The predicted molar refractivity (Wildman–Crippen MR) is 123 cm³/mol. The lowest BCUT2D eigenvalue weighted by Crippen LogP contribution is -2.32. The van der Waals surface area contributed by atoms with E-state index in [4.69, 9.17) is 9.15 Å². The first-order valence-electron chi connectivity index (χ1n) is 11.3. The zero-order valence-corrected chi connectivity index (χ0v) is 18.8. The van der Waals surface area contributed by atoms with Gasteiger partial charge in [0.25, 0.3) is 5.91 Å². The molecule has 1 N–H and O–H groups in total. The van der Waals surface area contributed by atoms with Crippen molar-refractivity contribution in [2.75, 3.05) is 13.2 Å². The monoisotopic (exact) mass is 433 g/mol. The molecule has 0 radical (unpaired) electrons. The highest BCUT2D eigenvalue weighted by atomic mass is 16.5. The number of rotatable bonds is 9. The van der Waals surface area contributed by atoms with Gasteiger partial charge in [0.1, 0.15) is 6.26 Å². The van der Waals surface area contributed by atoms with Crippen LogP contribution in [0.1, 0.15) is 58.9 Å². The number of nitrogens with zero attached hydrogens (tertiary/aromatic N) is 2. The Morgan fingerprint density at radius 2 is 1.94 bits per heavy atom. The van der Waals surface area contributed by atoms with Gasteiger partial charge in [-0.25, -0.2) is 4.98 Å². The molecule has 168 valence electrons. The number of ether oxygens (including phenoxy) is 1. The van der Waals surface area contributed by atoms with E-state index in [1.807, 2.05) is 6.07 Å². The van der Waals surface area contributed by atoms with Crippen LogP contribution in [0.2, 0.25) is 0 Å². The number of amides is 1. The topological polar surface area (TPSA) is 67.6 Å². The molecule has 1 amide bonds. The Morgan fingerprint density at radius 3 is 2.69 bits per heavy atom. The van der Waals surface area contributed by atoms with Crippen LogP contribution in [-0.2, 0) is 17.8 Å². The molecule has 0 spiro atoms. The van der Waals surface area contributed by atoms with Gasteiger partial charge in [0.05, 0.1) is 12.6 Å². The molecule has 1 saturated heterocycles. The third-order valence-electron chi connectivity index (χ3n) is 6.10. The molecule has 1 fully saturated rings. The second kappa shape index (κ2) is 10.6.